The van der Waals surface area contributed by atoms with Crippen LogP contribution in [-0.4, -0.2) is 35.2 Å². The first kappa shape index (κ1) is 13.9. The number of hydrogen-bond acceptors (Lipinski definition) is 4. The van der Waals surface area contributed by atoms with Gasteiger partial charge in [0.2, 0.25) is 11.8 Å². The Labute approximate surface area is 120 Å². The van der Waals surface area contributed by atoms with E-state index < -0.39 is 23.8 Å². The zero-order chi connectivity index (χ0) is 14.2. The van der Waals surface area contributed by atoms with Crippen LogP contribution >= 0.6 is 24.2 Å². The molecular formula is C12H11ClN2O3S. The van der Waals surface area contributed by atoms with Gasteiger partial charge in [-0.15, -0.1) is 12.6 Å². The number of thiol groups is 1. The van der Waals surface area contributed by atoms with Crippen molar-refractivity contribution < 1.29 is 14.4 Å². The fraction of sp³-hybridized carbons (Fsp3) is 0.250. The van der Waals surface area contributed by atoms with Gasteiger partial charge in [0.1, 0.15) is 12.6 Å². The van der Waals surface area contributed by atoms with Crippen LogP contribution in [0.1, 0.15) is 17.3 Å². The first-order valence-electron chi connectivity index (χ1n) is 5.53. The molecule has 0 bridgehead atoms. The molecule has 1 aromatic carbocycles. The quantitative estimate of drug-likeness (QED) is 0.603. The number of nitrogens with zero attached hydrogens (tertiary/aromatic N) is 1. The Morgan fingerprint density at radius 2 is 2.16 bits per heavy atom. The standard InChI is InChI=1S/C12H11ClN2O3S/c1-6-11(17)14-10(16)5-15(6)12(18)8-4-7(19)2-3-9(8)13/h2-4,6,19H,5H2,1H3,(H,14,16,17). The van der Waals surface area contributed by atoms with Gasteiger partial charge in [-0.05, 0) is 25.1 Å². The molecule has 1 aliphatic heterocycles. The van der Waals surface area contributed by atoms with Crippen LogP contribution in [-0.2, 0) is 9.59 Å². The number of carbonyl (C=O) groups excluding carboxylic acids is 3. The molecule has 2 rings (SSSR count). The molecule has 3 amide bonds. The summed E-state index contributed by atoms with van der Waals surface area (Å²) in [6.07, 6.45) is 0. The highest BCUT2D eigenvalue weighted by Gasteiger charge is 2.34. The van der Waals surface area contributed by atoms with E-state index in [4.69, 9.17) is 11.6 Å². The van der Waals surface area contributed by atoms with Crippen molar-refractivity contribution in [3.63, 3.8) is 0 Å². The van der Waals surface area contributed by atoms with Gasteiger partial charge in [-0.25, -0.2) is 0 Å². The van der Waals surface area contributed by atoms with Crippen LogP contribution in [0.25, 0.3) is 0 Å². The predicted molar refractivity (Wildman–Crippen MR) is 72.4 cm³/mol. The fourth-order valence-electron chi connectivity index (χ4n) is 1.79. The normalized spacial score (nSPS) is 19.3. The number of imide groups is 1. The minimum atomic E-state index is -0.718. The van der Waals surface area contributed by atoms with E-state index in [0.717, 1.165) is 0 Å². The molecule has 1 fully saturated rings. The Bertz CT molecular complexity index is 576. The molecule has 100 valence electrons. The number of amides is 3. The third kappa shape index (κ3) is 2.74. The van der Waals surface area contributed by atoms with Crippen molar-refractivity contribution in [2.75, 3.05) is 6.54 Å². The number of halogens is 1. The van der Waals surface area contributed by atoms with Crippen LogP contribution in [0.4, 0.5) is 0 Å². The SMILES string of the molecule is CC1C(=O)NC(=O)CN1C(=O)c1cc(S)ccc1Cl. The molecule has 0 aliphatic carbocycles. The lowest BCUT2D eigenvalue weighted by molar-refractivity contribution is -0.138. The maximum atomic E-state index is 12.3. The molecule has 1 heterocycles. The molecule has 0 radical (unpaired) electrons. The van der Waals surface area contributed by atoms with Crippen LogP contribution in [0, 0.1) is 0 Å². The van der Waals surface area contributed by atoms with Crippen molar-refractivity contribution in [2.24, 2.45) is 0 Å². The molecule has 0 aromatic heterocycles. The summed E-state index contributed by atoms with van der Waals surface area (Å²) in [5, 5.41) is 2.43. The molecule has 1 N–H and O–H groups in total. The van der Waals surface area contributed by atoms with Crippen molar-refractivity contribution in [3.05, 3.63) is 28.8 Å². The van der Waals surface area contributed by atoms with Gasteiger partial charge in [0.15, 0.2) is 0 Å². The van der Waals surface area contributed by atoms with E-state index >= 15 is 0 Å². The van der Waals surface area contributed by atoms with Gasteiger partial charge in [0.25, 0.3) is 5.91 Å². The molecule has 1 unspecified atom stereocenters. The number of benzene rings is 1. The van der Waals surface area contributed by atoms with E-state index in [1.807, 2.05) is 0 Å². The van der Waals surface area contributed by atoms with Crippen molar-refractivity contribution >= 4 is 42.0 Å². The van der Waals surface area contributed by atoms with Crippen molar-refractivity contribution in [3.8, 4) is 0 Å². The van der Waals surface area contributed by atoms with E-state index in [-0.39, 0.29) is 17.1 Å². The van der Waals surface area contributed by atoms with Gasteiger partial charge < -0.3 is 4.90 Å². The largest absolute Gasteiger partial charge is 0.318 e. The Balaban J connectivity index is 2.35. The summed E-state index contributed by atoms with van der Waals surface area (Å²) in [5.41, 5.74) is 0.225. The van der Waals surface area contributed by atoms with Crippen LogP contribution in [0.15, 0.2) is 23.1 Å². The second-order valence-electron chi connectivity index (χ2n) is 4.19. The van der Waals surface area contributed by atoms with Gasteiger partial charge in [-0.3, -0.25) is 19.7 Å². The molecule has 1 atom stereocenters. The average molecular weight is 299 g/mol. The Morgan fingerprint density at radius 1 is 1.47 bits per heavy atom. The molecule has 1 saturated heterocycles. The van der Waals surface area contributed by atoms with Crippen LogP contribution in [0.5, 0.6) is 0 Å². The van der Waals surface area contributed by atoms with Gasteiger partial charge in [0.05, 0.1) is 10.6 Å². The maximum absolute atomic E-state index is 12.3. The summed E-state index contributed by atoms with van der Waals surface area (Å²) in [5.74, 6) is -1.46. The smallest absolute Gasteiger partial charge is 0.256 e. The highest BCUT2D eigenvalue weighted by atomic mass is 35.5. The number of hydrogen-bond donors (Lipinski definition) is 2. The third-order valence-electron chi connectivity index (χ3n) is 2.86. The average Bonchev–Trinajstić information content (AvgIpc) is 2.36. The summed E-state index contributed by atoms with van der Waals surface area (Å²) in [6, 6.07) is 4.00. The molecular weight excluding hydrogens is 288 g/mol. The number of piperazine rings is 1. The van der Waals surface area contributed by atoms with Crippen molar-refractivity contribution in [1.29, 1.82) is 0 Å². The van der Waals surface area contributed by atoms with Crippen molar-refractivity contribution in [1.82, 2.24) is 10.2 Å². The Kier molecular flexibility index (Phi) is 3.82. The van der Waals surface area contributed by atoms with E-state index in [1.54, 1.807) is 19.1 Å². The van der Waals surface area contributed by atoms with Crippen molar-refractivity contribution in [2.45, 2.75) is 17.9 Å². The maximum Gasteiger partial charge on any atom is 0.256 e. The highest BCUT2D eigenvalue weighted by Crippen LogP contribution is 2.22. The lowest BCUT2D eigenvalue weighted by Gasteiger charge is -2.31. The van der Waals surface area contributed by atoms with E-state index in [9.17, 15) is 14.4 Å². The highest BCUT2D eigenvalue weighted by molar-refractivity contribution is 7.80. The molecule has 5 nitrogen and oxygen atoms in total. The molecule has 1 aromatic rings. The second kappa shape index (κ2) is 5.22. The molecule has 0 spiro atoms. The topological polar surface area (TPSA) is 66.5 Å². The van der Waals surface area contributed by atoms with E-state index in [2.05, 4.69) is 17.9 Å². The summed E-state index contributed by atoms with van der Waals surface area (Å²) in [7, 11) is 0. The summed E-state index contributed by atoms with van der Waals surface area (Å²) in [4.78, 5) is 37.0. The van der Waals surface area contributed by atoms with Gasteiger partial charge in [-0.1, -0.05) is 11.6 Å². The summed E-state index contributed by atoms with van der Waals surface area (Å²) in [6.45, 7) is 1.39. The molecule has 19 heavy (non-hydrogen) atoms. The monoisotopic (exact) mass is 298 g/mol. The first-order chi connectivity index (χ1) is 8.90. The number of carbonyl (C=O) groups is 3. The Hall–Kier alpha value is -1.53. The lowest BCUT2D eigenvalue weighted by Crippen LogP contribution is -2.58. The van der Waals surface area contributed by atoms with Gasteiger partial charge in [-0.2, -0.15) is 0 Å². The Morgan fingerprint density at radius 3 is 2.84 bits per heavy atom. The zero-order valence-electron chi connectivity index (χ0n) is 10.0. The van der Waals surface area contributed by atoms with Crippen LogP contribution in [0.3, 0.4) is 0 Å². The molecule has 0 saturated carbocycles. The second-order valence-corrected chi connectivity index (χ2v) is 5.11. The summed E-state index contributed by atoms with van der Waals surface area (Å²) >= 11 is 10.1. The predicted octanol–water partition coefficient (Wildman–Crippen LogP) is 1.12. The minimum Gasteiger partial charge on any atom is -0.318 e. The number of nitrogens with one attached hydrogen (secondary N) is 1. The third-order valence-corrected chi connectivity index (χ3v) is 3.47. The summed E-state index contributed by atoms with van der Waals surface area (Å²) < 4.78 is 0. The fourth-order valence-corrected chi connectivity index (χ4v) is 2.20. The van der Waals surface area contributed by atoms with Crippen LogP contribution < -0.4 is 5.32 Å². The van der Waals surface area contributed by atoms with Gasteiger partial charge in [0, 0.05) is 4.90 Å². The molecule has 1 aliphatic rings. The van der Waals surface area contributed by atoms with E-state index in [1.165, 1.54) is 11.0 Å². The van der Waals surface area contributed by atoms with E-state index in [0.29, 0.717) is 4.90 Å². The minimum absolute atomic E-state index is 0.168. The zero-order valence-corrected chi connectivity index (χ0v) is 11.7. The molecule has 7 heteroatoms. The number of rotatable bonds is 1. The van der Waals surface area contributed by atoms with Gasteiger partial charge >= 0.3 is 0 Å². The first-order valence-corrected chi connectivity index (χ1v) is 6.36. The van der Waals surface area contributed by atoms with Crippen LogP contribution in [0.2, 0.25) is 5.02 Å². The lowest BCUT2D eigenvalue weighted by atomic mass is 10.1.